The molecule has 0 rings (SSSR count). The van der Waals surface area contributed by atoms with Gasteiger partial charge in [-0.15, -0.1) is 0 Å². The summed E-state index contributed by atoms with van der Waals surface area (Å²) in [4.78, 5) is 0. The zero-order chi connectivity index (χ0) is 8.69. The Morgan fingerprint density at radius 1 is 1.27 bits per heavy atom. The molecule has 0 fully saturated rings. The molecule has 2 atom stereocenters. The van der Waals surface area contributed by atoms with Gasteiger partial charge in [-0.05, 0) is 0 Å². The molecule has 0 heterocycles. The van der Waals surface area contributed by atoms with Crippen LogP contribution in [0, 0.1) is 0 Å². The highest BCUT2D eigenvalue weighted by Gasteiger charge is 2.08. The second-order valence-corrected chi connectivity index (χ2v) is 3.01. The molecule has 2 unspecified atom stereocenters. The van der Waals surface area contributed by atoms with Crippen LogP contribution >= 0.6 is 22.6 Å². The predicted molar refractivity (Wildman–Crippen MR) is 48.8 cm³/mol. The van der Waals surface area contributed by atoms with E-state index in [1.807, 2.05) is 0 Å². The molecule has 11 heavy (non-hydrogen) atoms. The lowest BCUT2D eigenvalue weighted by Gasteiger charge is -2.14. The third-order valence-corrected chi connectivity index (χ3v) is 2.09. The zero-order valence-corrected chi connectivity index (χ0v) is 8.27. The number of hydrogen-bond donors (Lipinski definition) is 3. The van der Waals surface area contributed by atoms with Crippen molar-refractivity contribution in [3.05, 3.63) is 0 Å². The SMILES string of the molecule is OCC(O)COC(CO)CI. The van der Waals surface area contributed by atoms with Crippen molar-refractivity contribution >= 4 is 22.6 Å². The van der Waals surface area contributed by atoms with E-state index in [2.05, 4.69) is 22.6 Å². The molecule has 0 aliphatic carbocycles. The van der Waals surface area contributed by atoms with Crippen LogP contribution in [0.2, 0.25) is 0 Å². The molecule has 5 heteroatoms. The van der Waals surface area contributed by atoms with Crippen molar-refractivity contribution < 1.29 is 20.1 Å². The highest BCUT2D eigenvalue weighted by molar-refractivity contribution is 14.1. The van der Waals surface area contributed by atoms with Gasteiger partial charge in [0, 0.05) is 4.43 Å². The average molecular weight is 276 g/mol. The summed E-state index contributed by atoms with van der Waals surface area (Å²) >= 11 is 2.08. The Morgan fingerprint density at radius 2 is 1.91 bits per heavy atom. The molecule has 3 N–H and O–H groups in total. The lowest BCUT2D eigenvalue weighted by Crippen LogP contribution is -2.27. The van der Waals surface area contributed by atoms with Gasteiger partial charge >= 0.3 is 0 Å². The Kier molecular flexibility index (Phi) is 7.61. The Bertz CT molecular complexity index is 86.7. The summed E-state index contributed by atoms with van der Waals surface area (Å²) in [7, 11) is 0. The molecule has 0 spiro atoms. The topological polar surface area (TPSA) is 69.9 Å². The maximum absolute atomic E-state index is 8.84. The molecular formula is C6H13IO4. The van der Waals surface area contributed by atoms with Crippen LogP contribution in [0.3, 0.4) is 0 Å². The first kappa shape index (κ1) is 11.6. The van der Waals surface area contributed by atoms with Crippen molar-refractivity contribution in [2.75, 3.05) is 24.2 Å². The van der Waals surface area contributed by atoms with Crippen LogP contribution in [0.25, 0.3) is 0 Å². The molecule has 0 aliphatic rings. The largest absolute Gasteiger partial charge is 0.394 e. The number of alkyl halides is 1. The van der Waals surface area contributed by atoms with Crippen LogP contribution < -0.4 is 0 Å². The van der Waals surface area contributed by atoms with Crippen molar-refractivity contribution in [1.82, 2.24) is 0 Å². The first-order chi connectivity index (χ1) is 5.24. The van der Waals surface area contributed by atoms with Crippen LogP contribution in [-0.2, 0) is 4.74 Å². The second kappa shape index (κ2) is 7.23. The van der Waals surface area contributed by atoms with Gasteiger partial charge in [0.2, 0.25) is 0 Å². The highest BCUT2D eigenvalue weighted by atomic mass is 127. The molecule has 0 saturated heterocycles. The number of hydrogen-bond acceptors (Lipinski definition) is 4. The fourth-order valence-electron chi connectivity index (χ4n) is 0.446. The Morgan fingerprint density at radius 3 is 2.27 bits per heavy atom. The van der Waals surface area contributed by atoms with E-state index in [9.17, 15) is 0 Å². The van der Waals surface area contributed by atoms with Crippen LogP contribution in [-0.4, -0.2) is 51.8 Å². The smallest absolute Gasteiger partial charge is 0.100 e. The minimum absolute atomic E-state index is 0.0545. The lowest BCUT2D eigenvalue weighted by atomic mass is 10.4. The third kappa shape index (κ3) is 5.80. The van der Waals surface area contributed by atoms with E-state index in [-0.39, 0.29) is 25.9 Å². The van der Waals surface area contributed by atoms with E-state index >= 15 is 0 Å². The van der Waals surface area contributed by atoms with Gasteiger partial charge in [-0.1, -0.05) is 22.6 Å². The van der Waals surface area contributed by atoms with E-state index in [1.54, 1.807) is 0 Å². The summed E-state index contributed by atoms with van der Waals surface area (Å²) in [5.74, 6) is 0. The molecule has 0 radical (unpaired) electrons. The standard InChI is InChI=1S/C6H13IO4/c7-1-6(3-9)11-4-5(10)2-8/h5-6,8-10H,1-4H2. The van der Waals surface area contributed by atoms with Gasteiger partial charge < -0.3 is 20.1 Å². The number of ether oxygens (including phenoxy) is 1. The molecule has 0 aliphatic heterocycles. The number of aliphatic hydroxyl groups excluding tert-OH is 3. The van der Waals surface area contributed by atoms with Crippen LogP contribution in [0.4, 0.5) is 0 Å². The second-order valence-electron chi connectivity index (χ2n) is 2.13. The summed E-state index contributed by atoms with van der Waals surface area (Å²) < 4.78 is 5.70. The summed E-state index contributed by atoms with van der Waals surface area (Å²) in [5.41, 5.74) is 0. The third-order valence-electron chi connectivity index (χ3n) is 1.11. The first-order valence-electron chi connectivity index (χ1n) is 3.32. The predicted octanol–water partition coefficient (Wildman–Crippen LogP) is -0.848. The summed E-state index contributed by atoms with van der Waals surface area (Å²) in [5, 5.41) is 25.9. The summed E-state index contributed by atoms with van der Waals surface area (Å²) in [6, 6.07) is 0. The molecule has 0 aromatic heterocycles. The Hall–Kier alpha value is 0.570. The normalized spacial score (nSPS) is 16.4. The summed E-state index contributed by atoms with van der Waals surface area (Å²) in [6.07, 6.45) is -1.08. The number of halogens is 1. The van der Waals surface area contributed by atoms with Gasteiger partial charge in [-0.3, -0.25) is 0 Å². The first-order valence-corrected chi connectivity index (χ1v) is 4.84. The molecular weight excluding hydrogens is 263 g/mol. The Labute approximate surface area is 79.3 Å². The molecule has 0 amide bonds. The van der Waals surface area contributed by atoms with Gasteiger partial charge in [0.25, 0.3) is 0 Å². The molecule has 0 aromatic rings. The monoisotopic (exact) mass is 276 g/mol. The Balaban J connectivity index is 3.34. The quantitative estimate of drug-likeness (QED) is 0.437. The van der Waals surface area contributed by atoms with Crippen molar-refractivity contribution in [1.29, 1.82) is 0 Å². The average Bonchev–Trinajstić information content (AvgIpc) is 2.06. The van der Waals surface area contributed by atoms with Crippen molar-refractivity contribution in [2.24, 2.45) is 0 Å². The van der Waals surface area contributed by atoms with Crippen molar-refractivity contribution in [2.45, 2.75) is 12.2 Å². The minimum Gasteiger partial charge on any atom is -0.394 e. The van der Waals surface area contributed by atoms with Crippen LogP contribution in [0.15, 0.2) is 0 Å². The zero-order valence-electron chi connectivity index (χ0n) is 6.11. The fraction of sp³-hybridized carbons (Fsp3) is 1.00. The molecule has 4 nitrogen and oxygen atoms in total. The van der Waals surface area contributed by atoms with E-state index in [0.717, 1.165) is 0 Å². The van der Waals surface area contributed by atoms with Crippen LogP contribution in [0.1, 0.15) is 0 Å². The fourth-order valence-corrected chi connectivity index (χ4v) is 0.979. The lowest BCUT2D eigenvalue weighted by molar-refractivity contribution is -0.0359. The van der Waals surface area contributed by atoms with E-state index in [0.29, 0.717) is 4.43 Å². The number of rotatable bonds is 6. The maximum atomic E-state index is 8.84. The van der Waals surface area contributed by atoms with Gasteiger partial charge in [0.15, 0.2) is 0 Å². The van der Waals surface area contributed by atoms with Gasteiger partial charge in [-0.2, -0.15) is 0 Å². The minimum atomic E-state index is -0.841. The highest BCUT2D eigenvalue weighted by Crippen LogP contribution is 1.97. The molecule has 0 bridgehead atoms. The van der Waals surface area contributed by atoms with Gasteiger partial charge in [0.05, 0.1) is 25.9 Å². The molecule has 0 aromatic carbocycles. The molecule has 68 valence electrons. The van der Waals surface area contributed by atoms with Crippen LogP contribution in [0.5, 0.6) is 0 Å². The van der Waals surface area contributed by atoms with Gasteiger partial charge in [-0.25, -0.2) is 0 Å². The van der Waals surface area contributed by atoms with E-state index in [1.165, 1.54) is 0 Å². The van der Waals surface area contributed by atoms with Crippen molar-refractivity contribution in [3.8, 4) is 0 Å². The number of aliphatic hydroxyl groups is 3. The maximum Gasteiger partial charge on any atom is 0.100 e. The summed E-state index contributed by atoms with van der Waals surface area (Å²) in [6.45, 7) is -0.286. The van der Waals surface area contributed by atoms with E-state index < -0.39 is 6.10 Å². The molecule has 0 saturated carbocycles. The van der Waals surface area contributed by atoms with E-state index in [4.69, 9.17) is 20.1 Å². The van der Waals surface area contributed by atoms with Crippen molar-refractivity contribution in [3.63, 3.8) is 0 Å². The van der Waals surface area contributed by atoms with Gasteiger partial charge in [0.1, 0.15) is 6.10 Å².